The van der Waals surface area contributed by atoms with Gasteiger partial charge < -0.3 is 124 Å². The maximum atomic E-state index is 13.8. The van der Waals surface area contributed by atoms with E-state index in [2.05, 4.69) is 47.9 Å². The quantitative estimate of drug-likeness (QED) is 0.0172. The molecule has 0 aromatic heterocycles. The van der Waals surface area contributed by atoms with Crippen LogP contribution in [-0.4, -0.2) is 302 Å². The van der Waals surface area contributed by atoms with Gasteiger partial charge in [-0.05, 0) is 64.5 Å². The minimum Gasteiger partial charge on any atom is -0.463 e. The lowest BCUT2D eigenvalue weighted by Gasteiger charge is -2.44. The summed E-state index contributed by atoms with van der Waals surface area (Å²) in [6.07, 6.45) is -12.8. The number of nitrogens with one attached hydrogen (secondary N) is 9. The van der Waals surface area contributed by atoms with Crippen molar-refractivity contribution in [2.75, 3.05) is 98.5 Å². The summed E-state index contributed by atoms with van der Waals surface area (Å²) in [5.74, 6) is -10.5. The molecule has 3 aliphatic rings. The Bertz CT molecular complexity index is 3290. The van der Waals surface area contributed by atoms with Crippen molar-refractivity contribution in [3.8, 4) is 0 Å². The highest BCUT2D eigenvalue weighted by molar-refractivity contribution is 5.80. The van der Waals surface area contributed by atoms with Crippen LogP contribution < -0.4 is 47.9 Å². The third kappa shape index (κ3) is 42.8. The zero-order valence-electron chi connectivity index (χ0n) is 68.6. The SMILES string of the molecule is CC(=O)NC1[C@H](OCCCCC(=O)NCCCC(=O)NCCCNCCCN(CCCNC(=O)CCCNC(=O)CCO[C@@H]2OC(COC(C)=O)[C@H](OC(C)=O)[C@H](OC(C)=O)C2NC(C)=O)C(=O)CCCNC(=O)CCO[C@@H]2OC(COC(C)=O)[C@H](OC(C)=O)[C@H](OC(C)=O)C2NC(C)=O)OC(COC(C)=O)[C@H](OC(C)=O)[C@@H]1OC(C)=O. The van der Waals surface area contributed by atoms with Crippen molar-refractivity contribution in [2.24, 2.45) is 0 Å². The summed E-state index contributed by atoms with van der Waals surface area (Å²) in [6.45, 7) is 14.3. The molecular weight excluding hydrogens is 1560 g/mol. The topological polar surface area (TPSA) is 557 Å². The first-order valence-corrected chi connectivity index (χ1v) is 38.8. The van der Waals surface area contributed by atoms with Gasteiger partial charge in [0.15, 0.2) is 55.5 Å². The van der Waals surface area contributed by atoms with Gasteiger partial charge in [0.05, 0.1) is 26.1 Å². The molecule has 43 heteroatoms. The van der Waals surface area contributed by atoms with Gasteiger partial charge in [0.25, 0.3) is 0 Å². The van der Waals surface area contributed by atoms with E-state index in [0.717, 1.165) is 62.3 Å². The number of unbranched alkanes of at least 4 members (excludes halogenated alkanes) is 1. The largest absolute Gasteiger partial charge is 0.463 e. The molecule has 3 aliphatic heterocycles. The molecule has 3 fully saturated rings. The Labute approximate surface area is 678 Å². The van der Waals surface area contributed by atoms with E-state index in [-0.39, 0.29) is 128 Å². The Hall–Kier alpha value is -9.82. The van der Waals surface area contributed by atoms with Crippen LogP contribution in [0.1, 0.15) is 173 Å². The third-order valence-electron chi connectivity index (χ3n) is 17.1. The molecule has 0 spiro atoms. The third-order valence-corrected chi connectivity index (χ3v) is 17.1. The normalized spacial score (nSPS) is 22.5. The molecule has 0 radical (unpaired) electrons. The number of rotatable bonds is 53. The second-order valence-corrected chi connectivity index (χ2v) is 27.5. The molecule has 3 heterocycles. The molecule has 662 valence electrons. The fraction of sp³-hybridized carbons (Fsp3) is 0.757. The van der Waals surface area contributed by atoms with Gasteiger partial charge >= 0.3 is 53.7 Å². The zero-order chi connectivity index (χ0) is 87.1. The molecule has 3 saturated heterocycles. The summed E-state index contributed by atoms with van der Waals surface area (Å²) in [6, 6.07) is -3.64. The van der Waals surface area contributed by atoms with Crippen molar-refractivity contribution in [1.82, 2.24) is 52.8 Å². The highest BCUT2D eigenvalue weighted by atomic mass is 16.7. The summed E-state index contributed by atoms with van der Waals surface area (Å²) in [5.41, 5.74) is 0. The molecule has 9 amide bonds. The molecule has 3 rings (SSSR count). The van der Waals surface area contributed by atoms with E-state index in [4.69, 9.17) is 71.1 Å². The summed E-state index contributed by atoms with van der Waals surface area (Å²) >= 11 is 0. The van der Waals surface area contributed by atoms with Crippen molar-refractivity contribution >= 4 is 107 Å². The molecule has 0 saturated carbocycles. The number of esters is 9. The lowest BCUT2D eigenvalue weighted by Crippen LogP contribution is -2.66. The molecule has 0 aliphatic carbocycles. The first-order chi connectivity index (χ1) is 55.4. The molecule has 43 nitrogen and oxygen atoms in total. The minimum absolute atomic E-state index is 0.0203. The molecule has 9 N–H and O–H groups in total. The van der Waals surface area contributed by atoms with Gasteiger partial charge in [-0.2, -0.15) is 0 Å². The van der Waals surface area contributed by atoms with Crippen LogP contribution in [0.15, 0.2) is 0 Å². The Morgan fingerprint density at radius 3 is 0.880 bits per heavy atom. The first kappa shape index (κ1) is 101. The van der Waals surface area contributed by atoms with E-state index in [1.165, 1.54) is 20.8 Å². The monoisotopic (exact) mass is 1670 g/mol. The second-order valence-electron chi connectivity index (χ2n) is 27.5. The zero-order valence-corrected chi connectivity index (χ0v) is 68.6. The average molecular weight is 1680 g/mol. The molecular formula is C74H118N10O33. The molecule has 0 bridgehead atoms. The van der Waals surface area contributed by atoms with E-state index in [1.807, 2.05) is 0 Å². The fourth-order valence-corrected chi connectivity index (χ4v) is 12.3. The van der Waals surface area contributed by atoms with Crippen molar-refractivity contribution in [3.05, 3.63) is 0 Å². The maximum absolute atomic E-state index is 13.8. The summed E-state index contributed by atoms with van der Waals surface area (Å²) < 4.78 is 83.6. The smallest absolute Gasteiger partial charge is 0.303 e. The van der Waals surface area contributed by atoms with E-state index in [0.29, 0.717) is 64.7 Å². The van der Waals surface area contributed by atoms with Crippen LogP contribution in [0.2, 0.25) is 0 Å². The van der Waals surface area contributed by atoms with Gasteiger partial charge in [-0.3, -0.25) is 86.3 Å². The first-order valence-electron chi connectivity index (χ1n) is 38.8. The fourth-order valence-electron chi connectivity index (χ4n) is 12.3. The predicted octanol–water partition coefficient (Wildman–Crippen LogP) is -2.53. The van der Waals surface area contributed by atoms with Crippen molar-refractivity contribution in [1.29, 1.82) is 0 Å². The molecule has 6 unspecified atom stereocenters. The molecule has 0 aromatic carbocycles. The summed E-state index contributed by atoms with van der Waals surface area (Å²) in [7, 11) is 0. The average Bonchev–Trinajstić information content (AvgIpc) is 0.798. The lowest BCUT2D eigenvalue weighted by atomic mass is 9.96. The van der Waals surface area contributed by atoms with Crippen LogP contribution in [0.25, 0.3) is 0 Å². The van der Waals surface area contributed by atoms with Gasteiger partial charge in [0.2, 0.25) is 53.2 Å². The van der Waals surface area contributed by atoms with Gasteiger partial charge in [-0.15, -0.1) is 0 Å². The highest BCUT2D eigenvalue weighted by Crippen LogP contribution is 2.32. The van der Waals surface area contributed by atoms with E-state index < -0.39 is 195 Å². The van der Waals surface area contributed by atoms with E-state index in [1.54, 1.807) is 4.90 Å². The number of hydrogen-bond acceptors (Lipinski definition) is 34. The Morgan fingerprint density at radius 2 is 0.556 bits per heavy atom. The second kappa shape index (κ2) is 55.7. The van der Waals surface area contributed by atoms with Crippen molar-refractivity contribution in [3.63, 3.8) is 0 Å². The number of amides is 9. The van der Waals surface area contributed by atoms with Crippen molar-refractivity contribution < 1.29 is 157 Å². The molecule has 15 atom stereocenters. The summed E-state index contributed by atoms with van der Waals surface area (Å²) in [4.78, 5) is 225. The Balaban J connectivity index is 1.51. The molecule has 0 aromatic rings. The van der Waals surface area contributed by atoms with Crippen molar-refractivity contribution in [2.45, 2.75) is 265 Å². The highest BCUT2D eigenvalue weighted by Gasteiger charge is 2.54. The molecule has 117 heavy (non-hydrogen) atoms. The van der Waals surface area contributed by atoms with Crippen LogP contribution in [-0.2, 0) is 157 Å². The van der Waals surface area contributed by atoms with Crippen LogP contribution in [0.5, 0.6) is 0 Å². The van der Waals surface area contributed by atoms with Gasteiger partial charge in [0, 0.05) is 161 Å². The van der Waals surface area contributed by atoms with Crippen LogP contribution in [0, 0.1) is 0 Å². The number of nitrogens with zero attached hydrogens (tertiary/aromatic N) is 1. The number of carbonyl (C=O) groups excluding carboxylic acids is 18. The number of ether oxygens (including phenoxy) is 15. The lowest BCUT2D eigenvalue weighted by molar-refractivity contribution is -0.277. The van der Waals surface area contributed by atoms with E-state index >= 15 is 0 Å². The van der Waals surface area contributed by atoms with E-state index in [9.17, 15) is 86.3 Å². The minimum atomic E-state index is -1.40. The predicted molar refractivity (Wildman–Crippen MR) is 399 cm³/mol. The number of hydrogen-bond donors (Lipinski definition) is 9. The van der Waals surface area contributed by atoms with Gasteiger partial charge in [0.1, 0.15) is 56.3 Å². The summed E-state index contributed by atoms with van der Waals surface area (Å²) in [5, 5.41) is 25.0. The van der Waals surface area contributed by atoms with Gasteiger partial charge in [-0.1, -0.05) is 0 Å². The van der Waals surface area contributed by atoms with Gasteiger partial charge in [-0.25, -0.2) is 0 Å². The standard InChI is InChI=1S/C74H118N10O33/c1-42(85)81-63-69(112-51(10)94)66(109-48(7)91)54(39-106-45(4)88)115-72(63)103-36-14-13-21-57(97)76-29-15-22-58(98)79-32-18-27-75-28-19-34-84(62(102)24-17-31-78-61(101)26-38-105-74-65(83-44(3)87)71(114-53(12)96)68(111-50(9)93)56(117-74)41-108-47(6)90)35-20-33-80-59(99)23-16-30-77-60(100)25-37-104-73-64(82-43(2)86)70(113-52(11)95)67(110-49(8)92)55(116-73)40-107-46(5)89/h54-56,63-75H,13-41H2,1-12H3,(H,76,97)(H,77,100)(H,78,101)(H,79,98)(H,80,99)(H,81,85)(H,82,86)(H,83,87)/t54?,55?,56?,63?,64?,65?,66-,67-,68-,69+,70+,71+,72+,73+,74+/m0/s1. The van der Waals surface area contributed by atoms with Crippen LogP contribution >= 0.6 is 0 Å². The van der Waals surface area contributed by atoms with Crippen LogP contribution in [0.3, 0.4) is 0 Å². The van der Waals surface area contributed by atoms with Crippen LogP contribution in [0.4, 0.5) is 0 Å². The maximum Gasteiger partial charge on any atom is 0.303 e. The Morgan fingerprint density at radius 1 is 0.282 bits per heavy atom. The Kier molecular flexibility index (Phi) is 48.3. The number of carbonyl (C=O) groups is 18.